The molecule has 6 heteroatoms. The maximum absolute atomic E-state index is 13.7. The summed E-state index contributed by atoms with van der Waals surface area (Å²) in [6, 6.07) is 12.5. The van der Waals surface area contributed by atoms with E-state index in [2.05, 4.69) is 5.32 Å². The van der Waals surface area contributed by atoms with Crippen LogP contribution in [0.4, 0.5) is 14.5 Å². The van der Waals surface area contributed by atoms with Gasteiger partial charge in [0.05, 0.1) is 12.2 Å². The summed E-state index contributed by atoms with van der Waals surface area (Å²) in [7, 11) is 0. The van der Waals surface area contributed by atoms with E-state index in [1.807, 2.05) is 42.2 Å². The molecular formula is C19H22F2N2O2. The molecule has 0 saturated carbocycles. The fourth-order valence-corrected chi connectivity index (χ4v) is 2.52. The first-order valence-electron chi connectivity index (χ1n) is 8.13. The largest absolute Gasteiger partial charge is 0.396 e. The van der Waals surface area contributed by atoms with Crippen LogP contribution in [0.2, 0.25) is 0 Å². The summed E-state index contributed by atoms with van der Waals surface area (Å²) in [5.74, 6) is -1.75. The lowest BCUT2D eigenvalue weighted by molar-refractivity contribution is -0.118. The van der Waals surface area contributed by atoms with Crippen molar-refractivity contribution in [3.05, 3.63) is 65.7 Å². The van der Waals surface area contributed by atoms with Crippen molar-refractivity contribution >= 4 is 11.6 Å². The van der Waals surface area contributed by atoms with E-state index in [4.69, 9.17) is 5.11 Å². The van der Waals surface area contributed by atoms with E-state index in [-0.39, 0.29) is 24.9 Å². The van der Waals surface area contributed by atoms with Gasteiger partial charge in [-0.3, -0.25) is 9.69 Å². The van der Waals surface area contributed by atoms with Crippen LogP contribution in [0.1, 0.15) is 18.9 Å². The third-order valence-corrected chi connectivity index (χ3v) is 3.95. The maximum Gasteiger partial charge on any atom is 0.238 e. The van der Waals surface area contributed by atoms with Crippen LogP contribution in [0.15, 0.2) is 48.5 Å². The van der Waals surface area contributed by atoms with E-state index < -0.39 is 17.5 Å². The Morgan fingerprint density at radius 1 is 1.20 bits per heavy atom. The molecule has 0 bridgehead atoms. The predicted octanol–water partition coefficient (Wildman–Crippen LogP) is 3.18. The molecule has 4 nitrogen and oxygen atoms in total. The van der Waals surface area contributed by atoms with Crippen LogP contribution in [0.25, 0.3) is 0 Å². The second-order valence-corrected chi connectivity index (χ2v) is 5.92. The predicted molar refractivity (Wildman–Crippen MR) is 93.0 cm³/mol. The van der Waals surface area contributed by atoms with Gasteiger partial charge in [0.15, 0.2) is 0 Å². The van der Waals surface area contributed by atoms with Crippen LogP contribution in [-0.4, -0.2) is 35.1 Å². The van der Waals surface area contributed by atoms with Crippen molar-refractivity contribution in [3.63, 3.8) is 0 Å². The summed E-state index contributed by atoms with van der Waals surface area (Å²) in [5, 5.41) is 11.6. The van der Waals surface area contributed by atoms with Gasteiger partial charge in [0.2, 0.25) is 5.91 Å². The molecule has 1 atom stereocenters. The molecule has 2 N–H and O–H groups in total. The summed E-state index contributed by atoms with van der Waals surface area (Å²) in [5.41, 5.74) is 0.844. The molecule has 134 valence electrons. The molecule has 0 fully saturated rings. The van der Waals surface area contributed by atoms with Crippen LogP contribution >= 0.6 is 0 Å². The van der Waals surface area contributed by atoms with E-state index in [1.54, 1.807) is 0 Å². The van der Waals surface area contributed by atoms with Gasteiger partial charge in [0, 0.05) is 25.3 Å². The van der Waals surface area contributed by atoms with Gasteiger partial charge in [0.1, 0.15) is 11.6 Å². The van der Waals surface area contributed by atoms with Crippen molar-refractivity contribution in [2.24, 2.45) is 0 Å². The lowest BCUT2D eigenvalue weighted by atomic mass is 10.1. The molecule has 0 spiro atoms. The monoisotopic (exact) mass is 348 g/mol. The Bertz CT molecular complexity index is 695. The van der Waals surface area contributed by atoms with Gasteiger partial charge in [-0.1, -0.05) is 30.3 Å². The number of anilines is 1. The molecule has 0 aliphatic rings. The molecule has 25 heavy (non-hydrogen) atoms. The molecule has 1 amide bonds. The maximum atomic E-state index is 13.7. The fourth-order valence-electron chi connectivity index (χ4n) is 2.52. The van der Waals surface area contributed by atoms with Crippen molar-refractivity contribution in [3.8, 4) is 0 Å². The molecule has 0 aliphatic carbocycles. The number of nitrogens with zero attached hydrogens (tertiary/aromatic N) is 1. The highest BCUT2D eigenvalue weighted by atomic mass is 19.1. The first-order valence-corrected chi connectivity index (χ1v) is 8.13. The number of benzene rings is 2. The number of aliphatic hydroxyl groups excluding tert-OH is 1. The first kappa shape index (κ1) is 19.0. The number of amides is 1. The highest BCUT2D eigenvalue weighted by Gasteiger charge is 2.18. The van der Waals surface area contributed by atoms with Crippen LogP contribution in [0.3, 0.4) is 0 Å². The summed E-state index contributed by atoms with van der Waals surface area (Å²) >= 11 is 0. The number of carbonyl (C=O) groups is 1. The molecule has 0 heterocycles. The SMILES string of the molecule is CC(CCO)N(CC(=O)Nc1cc(F)ccc1F)Cc1ccccc1. The quantitative estimate of drug-likeness (QED) is 0.770. The summed E-state index contributed by atoms with van der Waals surface area (Å²) in [6.07, 6.45) is 0.508. The lowest BCUT2D eigenvalue weighted by Crippen LogP contribution is -2.39. The zero-order chi connectivity index (χ0) is 18.2. The molecule has 0 saturated heterocycles. The van der Waals surface area contributed by atoms with Crippen LogP contribution < -0.4 is 5.32 Å². The van der Waals surface area contributed by atoms with E-state index in [1.165, 1.54) is 0 Å². The smallest absolute Gasteiger partial charge is 0.238 e. The minimum Gasteiger partial charge on any atom is -0.396 e. The van der Waals surface area contributed by atoms with Gasteiger partial charge in [-0.05, 0) is 31.0 Å². The van der Waals surface area contributed by atoms with Crippen molar-refractivity contribution in [1.82, 2.24) is 4.90 Å². The third-order valence-electron chi connectivity index (χ3n) is 3.95. The molecule has 0 aliphatic heterocycles. The Labute approximate surface area is 146 Å². The summed E-state index contributed by atoms with van der Waals surface area (Å²) in [6.45, 7) is 2.44. The minimum atomic E-state index is -0.687. The highest BCUT2D eigenvalue weighted by Crippen LogP contribution is 2.16. The van der Waals surface area contributed by atoms with Gasteiger partial charge in [-0.25, -0.2) is 8.78 Å². The number of carbonyl (C=O) groups excluding carboxylic acids is 1. The molecular weight excluding hydrogens is 326 g/mol. The Balaban J connectivity index is 2.06. The number of rotatable bonds is 8. The summed E-state index contributed by atoms with van der Waals surface area (Å²) in [4.78, 5) is 14.2. The van der Waals surface area contributed by atoms with Crippen LogP contribution in [0, 0.1) is 11.6 Å². The topological polar surface area (TPSA) is 52.6 Å². The van der Waals surface area contributed by atoms with E-state index in [9.17, 15) is 13.6 Å². The molecule has 2 aromatic rings. The molecule has 1 unspecified atom stereocenters. The second-order valence-electron chi connectivity index (χ2n) is 5.92. The zero-order valence-electron chi connectivity index (χ0n) is 14.1. The Morgan fingerprint density at radius 2 is 1.92 bits per heavy atom. The summed E-state index contributed by atoms with van der Waals surface area (Å²) < 4.78 is 26.9. The Hall–Kier alpha value is -2.31. The van der Waals surface area contributed by atoms with Crippen LogP contribution in [0.5, 0.6) is 0 Å². The minimum absolute atomic E-state index is 0.00597. The molecule has 0 aromatic heterocycles. The average molecular weight is 348 g/mol. The van der Waals surface area contributed by atoms with E-state index >= 15 is 0 Å². The number of hydrogen-bond donors (Lipinski definition) is 2. The normalized spacial score (nSPS) is 12.2. The van der Waals surface area contributed by atoms with Gasteiger partial charge >= 0.3 is 0 Å². The molecule has 0 radical (unpaired) electrons. The third kappa shape index (κ3) is 5.92. The van der Waals surface area contributed by atoms with Gasteiger partial charge in [-0.15, -0.1) is 0 Å². The van der Waals surface area contributed by atoms with Crippen molar-refractivity contribution in [2.75, 3.05) is 18.5 Å². The first-order chi connectivity index (χ1) is 12.0. The zero-order valence-corrected chi connectivity index (χ0v) is 14.1. The highest BCUT2D eigenvalue weighted by molar-refractivity contribution is 5.92. The molecule has 2 aromatic carbocycles. The second kappa shape index (κ2) is 9.25. The lowest BCUT2D eigenvalue weighted by Gasteiger charge is -2.28. The van der Waals surface area contributed by atoms with E-state index in [0.717, 1.165) is 23.8 Å². The number of aliphatic hydroxyl groups is 1. The number of halogens is 2. The fraction of sp³-hybridized carbons (Fsp3) is 0.316. The van der Waals surface area contributed by atoms with E-state index in [0.29, 0.717) is 13.0 Å². The van der Waals surface area contributed by atoms with Crippen molar-refractivity contribution < 1.29 is 18.7 Å². The van der Waals surface area contributed by atoms with Crippen molar-refractivity contribution in [1.29, 1.82) is 0 Å². The average Bonchev–Trinajstić information content (AvgIpc) is 2.58. The number of nitrogens with one attached hydrogen (secondary N) is 1. The van der Waals surface area contributed by atoms with Crippen LogP contribution in [-0.2, 0) is 11.3 Å². The number of hydrogen-bond acceptors (Lipinski definition) is 3. The van der Waals surface area contributed by atoms with Gasteiger partial charge in [-0.2, -0.15) is 0 Å². The van der Waals surface area contributed by atoms with Gasteiger partial charge in [0.25, 0.3) is 0 Å². The van der Waals surface area contributed by atoms with Gasteiger partial charge < -0.3 is 10.4 Å². The molecule has 2 rings (SSSR count). The van der Waals surface area contributed by atoms with Crippen molar-refractivity contribution in [2.45, 2.75) is 25.9 Å². The Morgan fingerprint density at radius 3 is 2.60 bits per heavy atom. The Kier molecular flexibility index (Phi) is 7.03. The standard InChI is InChI=1S/C19H22F2N2O2/c1-14(9-10-24)23(12-15-5-3-2-4-6-15)13-19(25)22-18-11-16(20)7-8-17(18)21/h2-8,11,14,24H,9-10,12-13H2,1H3,(H,22,25).